The number of carbonyl (C=O) groups is 3. The summed E-state index contributed by atoms with van der Waals surface area (Å²) in [6, 6.07) is -0.379. The largest absolute Gasteiger partial charge is 0.479 e. The van der Waals surface area contributed by atoms with E-state index in [-0.39, 0.29) is 0 Å². The molecule has 152 valence electrons. The monoisotopic (exact) mass is 388 g/mol. The average molecular weight is 389 g/mol. The fourth-order valence-electron chi connectivity index (χ4n) is 2.17. The number of alkyl carbamates (subject to hydrolysis) is 1. The topological polar surface area (TPSA) is 105 Å². The summed E-state index contributed by atoms with van der Waals surface area (Å²) in [5.74, 6) is -1.64. The lowest BCUT2D eigenvalue weighted by atomic mass is 9.74. The van der Waals surface area contributed by atoms with E-state index in [1.54, 1.807) is 41.5 Å². The fourth-order valence-corrected chi connectivity index (χ4v) is 3.68. The molecule has 0 saturated heterocycles. The lowest BCUT2D eigenvalue weighted by molar-refractivity contribution is -0.152. The van der Waals surface area contributed by atoms with Crippen LogP contribution < -0.4 is 10.6 Å². The van der Waals surface area contributed by atoms with Crippen LogP contribution in [0, 0.1) is 5.41 Å². The van der Waals surface area contributed by atoms with Crippen molar-refractivity contribution in [2.75, 3.05) is 0 Å². The Labute approximate surface area is 158 Å². The molecular formula is C18H36N2O5Si. The van der Waals surface area contributed by atoms with Gasteiger partial charge in [0.05, 0.1) is 0 Å². The van der Waals surface area contributed by atoms with E-state index in [2.05, 4.69) is 30.3 Å². The summed E-state index contributed by atoms with van der Waals surface area (Å²) in [4.78, 5) is 36.8. The van der Waals surface area contributed by atoms with Crippen molar-refractivity contribution in [3.05, 3.63) is 0 Å². The summed E-state index contributed by atoms with van der Waals surface area (Å²) in [5, 5.41) is 14.9. The molecule has 0 aliphatic carbocycles. The Kier molecular flexibility index (Phi) is 7.50. The van der Waals surface area contributed by atoms with Crippen LogP contribution in [0.15, 0.2) is 0 Å². The van der Waals surface area contributed by atoms with E-state index < -0.39 is 48.6 Å². The predicted octanol–water partition coefficient (Wildman–Crippen LogP) is 3.22. The van der Waals surface area contributed by atoms with Gasteiger partial charge < -0.3 is 20.5 Å². The highest BCUT2D eigenvalue weighted by atomic mass is 28.3. The van der Waals surface area contributed by atoms with Crippen molar-refractivity contribution in [2.45, 2.75) is 91.3 Å². The van der Waals surface area contributed by atoms with E-state index in [9.17, 15) is 19.5 Å². The molecule has 0 aromatic heterocycles. The van der Waals surface area contributed by atoms with Gasteiger partial charge in [-0.2, -0.15) is 0 Å². The number of carboxylic acids is 1. The fraction of sp³-hybridized carbons (Fsp3) is 0.833. The molecule has 26 heavy (non-hydrogen) atoms. The van der Waals surface area contributed by atoms with Crippen molar-refractivity contribution < 1.29 is 24.2 Å². The Morgan fingerprint density at radius 3 is 1.77 bits per heavy atom. The molecule has 0 rings (SSSR count). The minimum Gasteiger partial charge on any atom is -0.479 e. The second-order valence-electron chi connectivity index (χ2n) is 10.1. The second kappa shape index (κ2) is 7.98. The molecule has 0 radical (unpaired) electrons. The maximum absolute atomic E-state index is 12.9. The number of carbonyl (C=O) groups excluding carboxylic acids is 2. The van der Waals surface area contributed by atoms with Crippen molar-refractivity contribution in [1.29, 1.82) is 0 Å². The zero-order chi connectivity index (χ0) is 21.1. The molecule has 0 heterocycles. The van der Waals surface area contributed by atoms with Crippen molar-refractivity contribution in [3.63, 3.8) is 0 Å². The smallest absolute Gasteiger partial charge is 0.408 e. The minimum absolute atomic E-state index is 0.470. The van der Waals surface area contributed by atoms with Crippen molar-refractivity contribution in [3.8, 4) is 0 Å². The Morgan fingerprint density at radius 2 is 1.46 bits per heavy atom. The third-order valence-corrected chi connectivity index (χ3v) is 5.76. The SMILES string of the molecule is CC(C)(C)OC(=O)N[C@H](C[Si](C)(C)C)C(=O)N[C@@](C)(C(=O)O)C(C)(C)C. The van der Waals surface area contributed by atoms with Crippen LogP contribution in [0.4, 0.5) is 4.79 Å². The van der Waals surface area contributed by atoms with E-state index in [4.69, 9.17) is 4.74 Å². The zero-order valence-corrected chi connectivity index (χ0v) is 18.9. The summed E-state index contributed by atoms with van der Waals surface area (Å²) >= 11 is 0. The van der Waals surface area contributed by atoms with Gasteiger partial charge in [0.1, 0.15) is 17.2 Å². The Bertz CT molecular complexity index is 543. The molecule has 0 spiro atoms. The van der Waals surface area contributed by atoms with Gasteiger partial charge in [0, 0.05) is 8.07 Å². The molecule has 0 unspecified atom stereocenters. The molecule has 0 saturated carbocycles. The molecule has 0 aliphatic heterocycles. The van der Waals surface area contributed by atoms with Gasteiger partial charge in [-0.15, -0.1) is 0 Å². The number of hydrogen-bond donors (Lipinski definition) is 3. The van der Waals surface area contributed by atoms with Crippen molar-refractivity contribution in [1.82, 2.24) is 10.6 Å². The Morgan fingerprint density at radius 1 is 1.00 bits per heavy atom. The van der Waals surface area contributed by atoms with Crippen LogP contribution in [0.3, 0.4) is 0 Å². The van der Waals surface area contributed by atoms with Crippen LogP contribution in [0.5, 0.6) is 0 Å². The highest BCUT2D eigenvalue weighted by molar-refractivity contribution is 6.76. The highest BCUT2D eigenvalue weighted by Gasteiger charge is 2.47. The summed E-state index contributed by atoms with van der Waals surface area (Å²) in [6.45, 7) is 18.2. The molecule has 2 atom stereocenters. The number of aliphatic carboxylic acids is 1. The van der Waals surface area contributed by atoms with Gasteiger partial charge in [0.25, 0.3) is 0 Å². The van der Waals surface area contributed by atoms with E-state index in [0.29, 0.717) is 6.04 Å². The first-order valence-electron chi connectivity index (χ1n) is 8.83. The van der Waals surface area contributed by atoms with Gasteiger partial charge in [0.15, 0.2) is 0 Å². The van der Waals surface area contributed by atoms with Gasteiger partial charge in [-0.05, 0) is 39.2 Å². The predicted molar refractivity (Wildman–Crippen MR) is 105 cm³/mol. The summed E-state index contributed by atoms with van der Waals surface area (Å²) in [7, 11) is -1.74. The molecule has 0 bridgehead atoms. The second-order valence-corrected chi connectivity index (χ2v) is 15.7. The van der Waals surface area contributed by atoms with Crippen LogP contribution >= 0.6 is 0 Å². The number of amides is 2. The molecule has 3 N–H and O–H groups in total. The zero-order valence-electron chi connectivity index (χ0n) is 17.9. The van der Waals surface area contributed by atoms with Gasteiger partial charge >= 0.3 is 12.1 Å². The minimum atomic E-state index is -1.74. The number of ether oxygens (including phenoxy) is 1. The Balaban J connectivity index is 5.53. The molecule has 2 amide bonds. The number of nitrogens with one attached hydrogen (secondary N) is 2. The summed E-state index contributed by atoms with van der Waals surface area (Å²) in [6.07, 6.45) is -0.691. The maximum atomic E-state index is 12.9. The van der Waals surface area contributed by atoms with E-state index in [1.807, 2.05) is 0 Å². The van der Waals surface area contributed by atoms with Gasteiger partial charge in [0.2, 0.25) is 5.91 Å². The lowest BCUT2D eigenvalue weighted by Crippen LogP contribution is -2.64. The first-order chi connectivity index (χ1) is 11.3. The standard InChI is InChI=1S/C18H36N2O5Si/c1-16(2,3)18(7,14(22)23)20-13(21)12(11-26(8,9)10)19-15(24)25-17(4,5)6/h12H,11H2,1-10H3,(H,19,24)(H,20,21)(H,22,23)/t12-,18+/m1/s1. The first-order valence-corrected chi connectivity index (χ1v) is 12.5. The van der Waals surface area contributed by atoms with Crippen LogP contribution in [0.1, 0.15) is 48.5 Å². The van der Waals surface area contributed by atoms with Gasteiger partial charge in [-0.3, -0.25) is 4.79 Å². The van der Waals surface area contributed by atoms with E-state index >= 15 is 0 Å². The molecule has 0 fully saturated rings. The van der Waals surface area contributed by atoms with Crippen LogP contribution in [-0.2, 0) is 14.3 Å². The number of carboxylic acid groups (broad SMARTS) is 1. The molecule has 0 aromatic rings. The average Bonchev–Trinajstić information content (AvgIpc) is 2.31. The first kappa shape index (κ1) is 24.4. The summed E-state index contributed by atoms with van der Waals surface area (Å²) in [5.41, 5.74) is -2.88. The quantitative estimate of drug-likeness (QED) is 0.606. The van der Waals surface area contributed by atoms with Crippen LogP contribution in [-0.4, -0.2) is 48.3 Å². The van der Waals surface area contributed by atoms with Gasteiger partial charge in [-0.25, -0.2) is 9.59 Å². The molecule has 7 nitrogen and oxygen atoms in total. The van der Waals surface area contributed by atoms with E-state index in [0.717, 1.165) is 0 Å². The van der Waals surface area contributed by atoms with Crippen LogP contribution in [0.25, 0.3) is 0 Å². The maximum Gasteiger partial charge on any atom is 0.408 e. The van der Waals surface area contributed by atoms with Crippen LogP contribution in [0.2, 0.25) is 25.7 Å². The summed E-state index contributed by atoms with van der Waals surface area (Å²) < 4.78 is 5.25. The lowest BCUT2D eigenvalue weighted by Gasteiger charge is -2.40. The Hall–Kier alpha value is -1.57. The number of rotatable bonds is 6. The highest BCUT2D eigenvalue weighted by Crippen LogP contribution is 2.30. The third-order valence-electron chi connectivity index (χ3n) is 4.12. The third kappa shape index (κ3) is 7.76. The van der Waals surface area contributed by atoms with Crippen molar-refractivity contribution >= 4 is 26.0 Å². The molecular weight excluding hydrogens is 352 g/mol. The van der Waals surface area contributed by atoms with E-state index in [1.165, 1.54) is 6.92 Å². The van der Waals surface area contributed by atoms with Crippen molar-refractivity contribution in [2.24, 2.45) is 5.41 Å². The normalized spacial score (nSPS) is 16.2. The molecule has 0 aliphatic rings. The molecule has 8 heteroatoms. The number of hydrogen-bond acceptors (Lipinski definition) is 4. The van der Waals surface area contributed by atoms with Gasteiger partial charge in [-0.1, -0.05) is 40.4 Å². The molecule has 0 aromatic carbocycles.